The van der Waals surface area contributed by atoms with Gasteiger partial charge < -0.3 is 5.32 Å². The van der Waals surface area contributed by atoms with Gasteiger partial charge in [-0.25, -0.2) is 0 Å². The first-order valence-electron chi connectivity index (χ1n) is 6.04. The van der Waals surface area contributed by atoms with Gasteiger partial charge in [-0.15, -0.1) is 0 Å². The SMILES string of the molecule is CN[C@]1(c2ccccc2)CCCC[C@@H]1C. The lowest BCUT2D eigenvalue weighted by molar-refractivity contribution is 0.165. The molecule has 0 aliphatic heterocycles. The molecule has 0 amide bonds. The van der Waals surface area contributed by atoms with Gasteiger partial charge >= 0.3 is 0 Å². The van der Waals surface area contributed by atoms with E-state index in [-0.39, 0.29) is 5.54 Å². The number of nitrogens with one attached hydrogen (secondary N) is 1. The van der Waals surface area contributed by atoms with Crippen LogP contribution in [0.3, 0.4) is 0 Å². The van der Waals surface area contributed by atoms with Crippen LogP contribution in [0.4, 0.5) is 0 Å². The molecule has 0 radical (unpaired) electrons. The van der Waals surface area contributed by atoms with Crippen molar-refractivity contribution >= 4 is 0 Å². The molecule has 82 valence electrons. The molecule has 0 saturated heterocycles. The minimum Gasteiger partial charge on any atom is -0.310 e. The molecule has 15 heavy (non-hydrogen) atoms. The highest BCUT2D eigenvalue weighted by Gasteiger charge is 2.37. The van der Waals surface area contributed by atoms with Gasteiger partial charge in [0, 0.05) is 5.54 Å². The standard InChI is InChI=1S/C14H21N/c1-12-8-6-7-11-14(12,15-2)13-9-4-3-5-10-13/h3-5,9-10,12,15H,6-8,11H2,1-2H3/t12-,14+/m0/s1. The Kier molecular flexibility index (Phi) is 3.11. The number of rotatable bonds is 2. The predicted octanol–water partition coefficient (Wildman–Crippen LogP) is 3.31. The minimum atomic E-state index is 0.222. The van der Waals surface area contributed by atoms with Crippen molar-refractivity contribution in [1.29, 1.82) is 0 Å². The first-order valence-corrected chi connectivity index (χ1v) is 6.04. The lowest BCUT2D eigenvalue weighted by Crippen LogP contribution is -2.47. The molecule has 1 aromatic rings. The molecule has 1 aromatic carbocycles. The van der Waals surface area contributed by atoms with Gasteiger partial charge in [0.2, 0.25) is 0 Å². The second kappa shape index (κ2) is 4.36. The van der Waals surface area contributed by atoms with E-state index in [9.17, 15) is 0 Å². The van der Waals surface area contributed by atoms with Crippen molar-refractivity contribution < 1.29 is 0 Å². The van der Waals surface area contributed by atoms with E-state index < -0.39 is 0 Å². The molecule has 1 fully saturated rings. The number of hydrogen-bond acceptors (Lipinski definition) is 1. The Balaban J connectivity index is 2.35. The quantitative estimate of drug-likeness (QED) is 0.777. The van der Waals surface area contributed by atoms with E-state index in [1.807, 2.05) is 0 Å². The first kappa shape index (κ1) is 10.7. The highest BCUT2D eigenvalue weighted by atomic mass is 15.0. The average Bonchev–Trinajstić information content (AvgIpc) is 2.31. The third-order valence-electron chi connectivity index (χ3n) is 4.03. The summed E-state index contributed by atoms with van der Waals surface area (Å²) in [6.45, 7) is 2.38. The largest absolute Gasteiger partial charge is 0.310 e. The van der Waals surface area contributed by atoms with Crippen LogP contribution in [0.1, 0.15) is 38.2 Å². The van der Waals surface area contributed by atoms with Crippen molar-refractivity contribution in [3.63, 3.8) is 0 Å². The molecule has 0 heterocycles. The molecule has 2 rings (SSSR count). The maximum atomic E-state index is 3.58. The van der Waals surface area contributed by atoms with Crippen LogP contribution in [-0.4, -0.2) is 7.05 Å². The Labute approximate surface area is 92.9 Å². The lowest BCUT2D eigenvalue weighted by atomic mass is 9.70. The highest BCUT2D eigenvalue weighted by molar-refractivity contribution is 5.26. The molecule has 0 aromatic heterocycles. The Bertz CT molecular complexity index is 306. The summed E-state index contributed by atoms with van der Waals surface area (Å²) in [5.74, 6) is 0.735. The maximum absolute atomic E-state index is 3.58. The summed E-state index contributed by atoms with van der Waals surface area (Å²) < 4.78 is 0. The van der Waals surface area contributed by atoms with Gasteiger partial charge in [0.15, 0.2) is 0 Å². The molecular formula is C14H21N. The summed E-state index contributed by atoms with van der Waals surface area (Å²) in [7, 11) is 2.11. The molecule has 0 unspecified atom stereocenters. The van der Waals surface area contributed by atoms with Crippen LogP contribution >= 0.6 is 0 Å². The molecule has 1 saturated carbocycles. The van der Waals surface area contributed by atoms with Gasteiger partial charge in [-0.3, -0.25) is 0 Å². The van der Waals surface area contributed by atoms with Crippen molar-refractivity contribution in [3.8, 4) is 0 Å². The van der Waals surface area contributed by atoms with Gasteiger partial charge in [0.1, 0.15) is 0 Å². The fourth-order valence-electron chi connectivity index (χ4n) is 3.03. The van der Waals surface area contributed by atoms with Crippen LogP contribution in [0.25, 0.3) is 0 Å². The fraction of sp³-hybridized carbons (Fsp3) is 0.571. The fourth-order valence-corrected chi connectivity index (χ4v) is 3.03. The molecule has 2 atom stereocenters. The van der Waals surface area contributed by atoms with E-state index in [1.54, 1.807) is 0 Å². The van der Waals surface area contributed by atoms with Gasteiger partial charge in [-0.1, -0.05) is 50.1 Å². The van der Waals surface area contributed by atoms with Crippen molar-refractivity contribution in [2.45, 2.75) is 38.1 Å². The molecule has 1 N–H and O–H groups in total. The zero-order chi connectivity index (χ0) is 10.7. The number of benzene rings is 1. The molecule has 1 nitrogen and oxygen atoms in total. The minimum absolute atomic E-state index is 0.222. The van der Waals surface area contributed by atoms with Gasteiger partial charge in [-0.05, 0) is 31.4 Å². The number of hydrogen-bond donors (Lipinski definition) is 1. The molecule has 1 aliphatic rings. The third kappa shape index (κ3) is 1.81. The van der Waals surface area contributed by atoms with E-state index in [0.717, 1.165) is 5.92 Å². The summed E-state index contributed by atoms with van der Waals surface area (Å²) >= 11 is 0. The Morgan fingerprint density at radius 2 is 1.93 bits per heavy atom. The van der Waals surface area contributed by atoms with Crippen LogP contribution in [0.5, 0.6) is 0 Å². The van der Waals surface area contributed by atoms with E-state index in [0.29, 0.717) is 0 Å². The summed E-state index contributed by atoms with van der Waals surface area (Å²) in [6.07, 6.45) is 5.35. The second-order valence-electron chi connectivity index (χ2n) is 4.73. The summed E-state index contributed by atoms with van der Waals surface area (Å²) in [5.41, 5.74) is 1.68. The van der Waals surface area contributed by atoms with Crippen molar-refractivity contribution in [2.24, 2.45) is 5.92 Å². The van der Waals surface area contributed by atoms with Gasteiger partial charge in [-0.2, -0.15) is 0 Å². The zero-order valence-electron chi connectivity index (χ0n) is 9.79. The smallest absolute Gasteiger partial charge is 0.0458 e. The second-order valence-corrected chi connectivity index (χ2v) is 4.73. The van der Waals surface area contributed by atoms with E-state index in [4.69, 9.17) is 0 Å². The summed E-state index contributed by atoms with van der Waals surface area (Å²) in [4.78, 5) is 0. The first-order chi connectivity index (χ1) is 7.29. The topological polar surface area (TPSA) is 12.0 Å². The van der Waals surface area contributed by atoms with Crippen molar-refractivity contribution in [2.75, 3.05) is 7.05 Å². The predicted molar refractivity (Wildman–Crippen MR) is 64.8 cm³/mol. The Morgan fingerprint density at radius 1 is 1.20 bits per heavy atom. The molecule has 1 aliphatic carbocycles. The monoisotopic (exact) mass is 203 g/mol. The maximum Gasteiger partial charge on any atom is 0.0458 e. The highest BCUT2D eigenvalue weighted by Crippen LogP contribution is 2.40. The molecule has 1 heteroatoms. The lowest BCUT2D eigenvalue weighted by Gasteiger charge is -2.43. The van der Waals surface area contributed by atoms with E-state index in [1.165, 1.54) is 31.2 Å². The normalized spacial score (nSPS) is 31.5. The van der Waals surface area contributed by atoms with Crippen molar-refractivity contribution in [1.82, 2.24) is 5.32 Å². The molecule has 0 bridgehead atoms. The van der Waals surface area contributed by atoms with Crippen LogP contribution in [0, 0.1) is 5.92 Å². The Hall–Kier alpha value is -0.820. The summed E-state index contributed by atoms with van der Waals surface area (Å²) in [6, 6.07) is 10.9. The average molecular weight is 203 g/mol. The zero-order valence-corrected chi connectivity index (χ0v) is 9.79. The van der Waals surface area contributed by atoms with Crippen LogP contribution < -0.4 is 5.32 Å². The summed E-state index contributed by atoms with van der Waals surface area (Å²) in [5, 5.41) is 3.58. The van der Waals surface area contributed by atoms with Crippen LogP contribution in [0.2, 0.25) is 0 Å². The van der Waals surface area contributed by atoms with Crippen LogP contribution in [-0.2, 0) is 5.54 Å². The van der Waals surface area contributed by atoms with Gasteiger partial charge in [0.05, 0.1) is 0 Å². The van der Waals surface area contributed by atoms with Crippen LogP contribution in [0.15, 0.2) is 30.3 Å². The molecular weight excluding hydrogens is 182 g/mol. The third-order valence-corrected chi connectivity index (χ3v) is 4.03. The Morgan fingerprint density at radius 3 is 2.53 bits per heavy atom. The van der Waals surface area contributed by atoms with E-state index >= 15 is 0 Å². The van der Waals surface area contributed by atoms with E-state index in [2.05, 4.69) is 49.6 Å². The van der Waals surface area contributed by atoms with Gasteiger partial charge in [0.25, 0.3) is 0 Å². The molecule has 0 spiro atoms. The van der Waals surface area contributed by atoms with Crippen molar-refractivity contribution in [3.05, 3.63) is 35.9 Å².